The van der Waals surface area contributed by atoms with Crippen LogP contribution in [0.1, 0.15) is 22.8 Å². The fraction of sp³-hybridized carbons (Fsp3) is 0.200. The van der Waals surface area contributed by atoms with Crippen molar-refractivity contribution in [3.05, 3.63) is 94.2 Å². The molecule has 0 aliphatic rings. The standard InChI is InChI=1S/C25H24N2O5/c1-16-11-23(28)24(14-31-16)32-15-25(29)27-12-20(17-7-9-18(30-2)10-8-17)21-13-26-22-6-4-3-5-19(21)22/h3-11,13-14,20,26H,12,15H2,1-2H3,(H,27,29)/t20-/m1/s1. The third kappa shape index (κ3) is 4.67. The third-order valence-corrected chi connectivity index (χ3v) is 5.31. The van der Waals surface area contributed by atoms with Crippen LogP contribution in [0.2, 0.25) is 0 Å². The summed E-state index contributed by atoms with van der Waals surface area (Å²) in [5.41, 5.74) is 2.82. The van der Waals surface area contributed by atoms with E-state index in [1.807, 2.05) is 48.7 Å². The van der Waals surface area contributed by atoms with Crippen LogP contribution >= 0.6 is 0 Å². The smallest absolute Gasteiger partial charge is 0.257 e. The van der Waals surface area contributed by atoms with Crippen molar-refractivity contribution in [2.45, 2.75) is 12.8 Å². The van der Waals surface area contributed by atoms with E-state index in [1.165, 1.54) is 12.3 Å². The van der Waals surface area contributed by atoms with Gasteiger partial charge in [0.15, 0.2) is 6.61 Å². The molecule has 0 unspecified atom stereocenters. The van der Waals surface area contributed by atoms with E-state index < -0.39 is 0 Å². The number of aromatic nitrogens is 1. The molecule has 2 N–H and O–H groups in total. The van der Waals surface area contributed by atoms with Gasteiger partial charge in [-0.25, -0.2) is 0 Å². The summed E-state index contributed by atoms with van der Waals surface area (Å²) in [5.74, 6) is 0.830. The molecule has 2 aromatic carbocycles. The number of rotatable bonds is 8. The minimum Gasteiger partial charge on any atom is -0.497 e. The number of aromatic amines is 1. The zero-order chi connectivity index (χ0) is 22.5. The van der Waals surface area contributed by atoms with E-state index >= 15 is 0 Å². The Morgan fingerprint density at radius 1 is 1.16 bits per heavy atom. The van der Waals surface area contributed by atoms with E-state index in [-0.39, 0.29) is 29.6 Å². The Kier molecular flexibility index (Phi) is 6.26. The fourth-order valence-corrected chi connectivity index (χ4v) is 3.64. The van der Waals surface area contributed by atoms with Crippen LogP contribution in [0.15, 0.2) is 76.3 Å². The van der Waals surface area contributed by atoms with Crippen LogP contribution in [-0.2, 0) is 4.79 Å². The highest BCUT2D eigenvalue weighted by Gasteiger charge is 2.19. The molecule has 0 aliphatic heterocycles. The summed E-state index contributed by atoms with van der Waals surface area (Å²) in [6, 6.07) is 17.2. The molecule has 0 aliphatic carbocycles. The summed E-state index contributed by atoms with van der Waals surface area (Å²) in [6.07, 6.45) is 3.19. The molecule has 1 amide bonds. The molecule has 7 heteroatoms. The number of hydrogen-bond donors (Lipinski definition) is 2. The summed E-state index contributed by atoms with van der Waals surface area (Å²) in [7, 11) is 1.63. The van der Waals surface area contributed by atoms with Crippen molar-refractivity contribution >= 4 is 16.8 Å². The Labute approximate surface area is 185 Å². The number of benzene rings is 2. The molecule has 0 saturated heterocycles. The van der Waals surface area contributed by atoms with E-state index in [0.29, 0.717) is 12.3 Å². The summed E-state index contributed by atoms with van der Waals surface area (Å²) in [6.45, 7) is 1.75. The maximum Gasteiger partial charge on any atom is 0.257 e. The lowest BCUT2D eigenvalue weighted by Crippen LogP contribution is -2.33. The van der Waals surface area contributed by atoms with E-state index in [2.05, 4.69) is 16.4 Å². The molecule has 2 aromatic heterocycles. The Bertz CT molecular complexity index is 1270. The Morgan fingerprint density at radius 2 is 1.94 bits per heavy atom. The summed E-state index contributed by atoms with van der Waals surface area (Å²) in [5, 5.41) is 4.02. The van der Waals surface area contributed by atoms with E-state index in [9.17, 15) is 9.59 Å². The first-order chi connectivity index (χ1) is 15.5. The molecule has 0 spiro atoms. The van der Waals surface area contributed by atoms with Gasteiger partial charge in [0.2, 0.25) is 11.2 Å². The van der Waals surface area contributed by atoms with Crippen molar-refractivity contribution in [1.29, 1.82) is 0 Å². The van der Waals surface area contributed by atoms with Crippen molar-refractivity contribution in [1.82, 2.24) is 10.3 Å². The van der Waals surface area contributed by atoms with Crippen LogP contribution in [0.25, 0.3) is 10.9 Å². The Morgan fingerprint density at radius 3 is 2.69 bits per heavy atom. The first-order valence-electron chi connectivity index (χ1n) is 10.2. The number of methoxy groups -OCH3 is 1. The van der Waals surface area contributed by atoms with Gasteiger partial charge < -0.3 is 24.2 Å². The zero-order valence-corrected chi connectivity index (χ0v) is 17.9. The normalized spacial score (nSPS) is 11.8. The van der Waals surface area contributed by atoms with Gasteiger partial charge in [-0.1, -0.05) is 30.3 Å². The quantitative estimate of drug-likeness (QED) is 0.442. The number of ether oxygens (including phenoxy) is 2. The van der Waals surface area contributed by atoms with Gasteiger partial charge in [0.05, 0.1) is 7.11 Å². The molecule has 7 nitrogen and oxygen atoms in total. The highest BCUT2D eigenvalue weighted by atomic mass is 16.5. The summed E-state index contributed by atoms with van der Waals surface area (Å²) < 4.78 is 15.8. The van der Waals surface area contributed by atoms with Crippen LogP contribution in [-0.4, -0.2) is 31.2 Å². The van der Waals surface area contributed by atoms with Crippen LogP contribution in [0, 0.1) is 6.92 Å². The number of amides is 1. The number of hydrogen-bond acceptors (Lipinski definition) is 5. The minimum absolute atomic E-state index is 0.00841. The van der Waals surface area contributed by atoms with E-state index in [4.69, 9.17) is 13.9 Å². The minimum atomic E-state index is -0.330. The lowest BCUT2D eigenvalue weighted by molar-refractivity contribution is -0.123. The monoisotopic (exact) mass is 432 g/mol. The van der Waals surface area contributed by atoms with Crippen molar-refractivity contribution in [3.63, 3.8) is 0 Å². The first kappa shape index (κ1) is 21.2. The maximum atomic E-state index is 12.5. The van der Waals surface area contributed by atoms with Crippen LogP contribution in [0.4, 0.5) is 0 Å². The van der Waals surface area contributed by atoms with Gasteiger partial charge in [0.25, 0.3) is 5.91 Å². The number of nitrogens with one attached hydrogen (secondary N) is 2. The Balaban J connectivity index is 1.51. The second kappa shape index (κ2) is 9.43. The second-order valence-electron chi connectivity index (χ2n) is 7.43. The number of para-hydroxylation sites is 1. The second-order valence-corrected chi connectivity index (χ2v) is 7.43. The molecule has 4 rings (SSSR count). The van der Waals surface area contributed by atoms with Crippen molar-refractivity contribution in [3.8, 4) is 11.5 Å². The lowest BCUT2D eigenvalue weighted by Gasteiger charge is -2.19. The van der Waals surface area contributed by atoms with Crippen molar-refractivity contribution < 1.29 is 18.7 Å². The van der Waals surface area contributed by atoms with Gasteiger partial charge in [-0.2, -0.15) is 0 Å². The maximum absolute atomic E-state index is 12.5. The van der Waals surface area contributed by atoms with Gasteiger partial charge in [0.1, 0.15) is 17.8 Å². The van der Waals surface area contributed by atoms with Gasteiger partial charge in [-0.3, -0.25) is 9.59 Å². The average molecular weight is 432 g/mol. The zero-order valence-electron chi connectivity index (χ0n) is 17.9. The van der Waals surface area contributed by atoms with Gasteiger partial charge in [-0.15, -0.1) is 0 Å². The molecular formula is C25H24N2O5. The molecule has 0 saturated carbocycles. The SMILES string of the molecule is COc1ccc([C@@H](CNC(=O)COc2coc(C)cc2=O)c2c[nH]c3ccccc23)cc1. The fourth-order valence-electron chi connectivity index (χ4n) is 3.64. The van der Waals surface area contributed by atoms with Crippen molar-refractivity contribution in [2.75, 3.05) is 20.3 Å². The molecule has 1 atom stereocenters. The molecule has 164 valence electrons. The van der Waals surface area contributed by atoms with Crippen LogP contribution < -0.4 is 20.2 Å². The van der Waals surface area contributed by atoms with Gasteiger partial charge in [-0.05, 0) is 36.2 Å². The molecule has 32 heavy (non-hydrogen) atoms. The number of fused-ring (bicyclic) bond motifs is 1. The predicted molar refractivity (Wildman–Crippen MR) is 121 cm³/mol. The van der Waals surface area contributed by atoms with Crippen LogP contribution in [0.3, 0.4) is 0 Å². The van der Waals surface area contributed by atoms with E-state index in [0.717, 1.165) is 27.8 Å². The third-order valence-electron chi connectivity index (χ3n) is 5.31. The number of carbonyl (C=O) groups excluding carboxylic acids is 1. The summed E-state index contributed by atoms with van der Waals surface area (Å²) >= 11 is 0. The molecule has 0 radical (unpaired) electrons. The number of H-pyrrole nitrogens is 1. The molecule has 0 bridgehead atoms. The highest BCUT2D eigenvalue weighted by molar-refractivity contribution is 5.84. The van der Waals surface area contributed by atoms with Gasteiger partial charge >= 0.3 is 0 Å². The average Bonchev–Trinajstić information content (AvgIpc) is 3.23. The topological polar surface area (TPSA) is 93.6 Å². The molecule has 2 heterocycles. The lowest BCUT2D eigenvalue weighted by atomic mass is 9.91. The molecule has 0 fully saturated rings. The van der Waals surface area contributed by atoms with Crippen molar-refractivity contribution in [2.24, 2.45) is 0 Å². The number of carbonyl (C=O) groups is 1. The molecule has 4 aromatic rings. The summed E-state index contributed by atoms with van der Waals surface area (Å²) in [4.78, 5) is 27.7. The largest absolute Gasteiger partial charge is 0.497 e. The molecular weight excluding hydrogens is 408 g/mol. The van der Waals surface area contributed by atoms with Gasteiger partial charge in [0, 0.05) is 35.6 Å². The number of aryl methyl sites for hydroxylation is 1. The van der Waals surface area contributed by atoms with Crippen LogP contribution in [0.5, 0.6) is 11.5 Å². The highest BCUT2D eigenvalue weighted by Crippen LogP contribution is 2.31. The van der Waals surface area contributed by atoms with E-state index in [1.54, 1.807) is 14.0 Å². The Hall–Kier alpha value is -4.00. The first-order valence-corrected chi connectivity index (χ1v) is 10.2. The predicted octanol–water partition coefficient (Wildman–Crippen LogP) is 3.77.